The van der Waals surface area contributed by atoms with E-state index >= 15 is 0 Å². The molecule has 2 aliphatic heterocycles. The number of fused-ring (bicyclic) bond motifs is 1. The number of amides is 1. The first kappa shape index (κ1) is 29.8. The third kappa shape index (κ3) is 6.58. The summed E-state index contributed by atoms with van der Waals surface area (Å²) in [5.74, 6) is -0.550. The summed E-state index contributed by atoms with van der Waals surface area (Å²) in [6, 6.07) is 7.94. The summed E-state index contributed by atoms with van der Waals surface area (Å²) in [5.41, 5.74) is 3.48. The van der Waals surface area contributed by atoms with Crippen molar-refractivity contribution in [3.63, 3.8) is 0 Å². The lowest BCUT2D eigenvalue weighted by molar-refractivity contribution is -0.140. The van der Waals surface area contributed by atoms with Crippen LogP contribution in [0.5, 0.6) is 0 Å². The van der Waals surface area contributed by atoms with Crippen molar-refractivity contribution in [2.75, 3.05) is 39.8 Å². The average molecular weight is 547 g/mol. The first-order valence-corrected chi connectivity index (χ1v) is 14.7. The summed E-state index contributed by atoms with van der Waals surface area (Å²) < 4.78 is 5.67. The van der Waals surface area contributed by atoms with Gasteiger partial charge in [-0.05, 0) is 82.2 Å². The molecular weight excluding hydrogens is 500 g/mol. The summed E-state index contributed by atoms with van der Waals surface area (Å²) in [6.45, 7) is 17.6. The lowest BCUT2D eigenvalue weighted by atomic mass is 9.82. The molecule has 1 aromatic carbocycles. The van der Waals surface area contributed by atoms with E-state index in [9.17, 15) is 9.59 Å². The van der Waals surface area contributed by atoms with E-state index in [0.29, 0.717) is 17.7 Å². The summed E-state index contributed by atoms with van der Waals surface area (Å²) in [6.07, 6.45) is 7.66. The lowest BCUT2D eigenvalue weighted by Gasteiger charge is -2.29. The second-order valence-corrected chi connectivity index (χ2v) is 12.1. The van der Waals surface area contributed by atoms with Crippen LogP contribution in [0.2, 0.25) is 0 Å². The number of likely N-dealkylation sites (N-methyl/N-ethyl adjacent to an activating group) is 1. The zero-order valence-electron chi connectivity index (χ0n) is 25.3. The third-order valence-corrected chi connectivity index (χ3v) is 7.78. The number of carbonyl (C=O) groups is 2. The first-order chi connectivity index (χ1) is 19.0. The maximum Gasteiger partial charge on any atom is 0.342 e. The van der Waals surface area contributed by atoms with Crippen molar-refractivity contribution in [3.05, 3.63) is 63.4 Å². The molecule has 0 radical (unpaired) electrons. The molecule has 1 saturated heterocycles. The van der Waals surface area contributed by atoms with E-state index in [1.54, 1.807) is 11.1 Å². The van der Waals surface area contributed by atoms with Crippen LogP contribution in [-0.2, 0) is 21.5 Å². The van der Waals surface area contributed by atoms with Crippen molar-refractivity contribution < 1.29 is 14.3 Å². The quantitative estimate of drug-likeness (QED) is 0.558. The van der Waals surface area contributed by atoms with Crippen LogP contribution in [0.4, 0.5) is 0 Å². The van der Waals surface area contributed by atoms with Crippen molar-refractivity contribution >= 4 is 29.6 Å². The van der Waals surface area contributed by atoms with Gasteiger partial charge in [0.25, 0.3) is 5.91 Å². The Kier molecular flexibility index (Phi) is 9.37. The van der Waals surface area contributed by atoms with E-state index < -0.39 is 11.4 Å². The first-order valence-electron chi connectivity index (χ1n) is 14.7. The fraction of sp³-hybridized carbons (Fsp3) is 0.515. The number of aromatic nitrogens is 1. The Labute approximate surface area is 239 Å². The molecule has 0 aliphatic carbocycles. The van der Waals surface area contributed by atoms with Crippen molar-refractivity contribution in [2.24, 2.45) is 0 Å². The minimum absolute atomic E-state index is 0.118. The highest BCUT2D eigenvalue weighted by Crippen LogP contribution is 2.33. The minimum Gasteiger partial charge on any atom is -0.459 e. The number of H-pyrrole nitrogens is 1. The molecule has 0 bridgehead atoms. The standard InChI is InChI=1S/C33H46N4O3/c1-8-12-28-26(9-2)29-30(34-28)27(32(39)40-23(3)4)21-37(22-33(29,5)6)31(38)25-14-10-13-24(19-25)20-36-16-11-15-35(7)17-18-36/h9-10,12-14,19,21,23,34H,8,11,15-18,20,22H2,1-7H3/b26-9+,28-12+. The van der Waals surface area contributed by atoms with Gasteiger partial charge < -0.3 is 19.5 Å². The summed E-state index contributed by atoms with van der Waals surface area (Å²) >= 11 is 0. The van der Waals surface area contributed by atoms with E-state index in [-0.39, 0.29) is 12.0 Å². The second kappa shape index (κ2) is 12.6. The van der Waals surface area contributed by atoms with Gasteiger partial charge in [0, 0.05) is 48.7 Å². The van der Waals surface area contributed by atoms with Crippen LogP contribution in [0.1, 0.15) is 81.6 Å². The smallest absolute Gasteiger partial charge is 0.342 e. The average Bonchev–Trinajstić information content (AvgIpc) is 3.08. The fourth-order valence-corrected chi connectivity index (χ4v) is 5.92. The van der Waals surface area contributed by atoms with Gasteiger partial charge in [0.05, 0.1) is 17.4 Å². The minimum atomic E-state index is -0.432. The SMILES string of the molecule is C/C=c1/c2c([nH]/c1=C/CC)C(C(=O)OC(C)C)=CN(C(=O)c1cccc(CN3CCCN(C)CC3)c1)CC2(C)C. The monoisotopic (exact) mass is 546 g/mol. The number of rotatable bonds is 6. The van der Waals surface area contributed by atoms with Gasteiger partial charge in [0.1, 0.15) is 0 Å². The van der Waals surface area contributed by atoms with E-state index in [2.05, 4.69) is 60.8 Å². The third-order valence-electron chi connectivity index (χ3n) is 7.78. The van der Waals surface area contributed by atoms with Crippen molar-refractivity contribution in [2.45, 2.75) is 72.4 Å². The van der Waals surface area contributed by atoms with Crippen molar-refractivity contribution in [3.8, 4) is 0 Å². The van der Waals surface area contributed by atoms with Crippen LogP contribution in [0.15, 0.2) is 30.5 Å². The molecule has 2 aromatic rings. The molecule has 216 valence electrons. The molecule has 1 N–H and O–H groups in total. The number of carbonyl (C=O) groups excluding carboxylic acids is 2. The maximum absolute atomic E-state index is 14.1. The van der Waals surface area contributed by atoms with Crippen LogP contribution in [0, 0.1) is 0 Å². The Morgan fingerprint density at radius 3 is 2.62 bits per heavy atom. The Hall–Kier alpha value is -3.16. The zero-order valence-corrected chi connectivity index (χ0v) is 25.3. The van der Waals surface area contributed by atoms with Crippen LogP contribution < -0.4 is 10.6 Å². The molecule has 1 aromatic heterocycles. The van der Waals surface area contributed by atoms with Crippen LogP contribution >= 0.6 is 0 Å². The number of nitrogens with one attached hydrogen (secondary N) is 1. The molecule has 40 heavy (non-hydrogen) atoms. The zero-order chi connectivity index (χ0) is 29.0. The molecule has 1 fully saturated rings. The predicted octanol–water partition coefficient (Wildman–Crippen LogP) is 3.87. The number of nitrogens with zero attached hydrogens (tertiary/aromatic N) is 3. The van der Waals surface area contributed by atoms with E-state index in [1.807, 2.05) is 39.0 Å². The Balaban J connectivity index is 1.73. The number of hydrogen-bond donors (Lipinski definition) is 1. The predicted molar refractivity (Wildman–Crippen MR) is 162 cm³/mol. The molecule has 0 unspecified atom stereocenters. The van der Waals surface area contributed by atoms with E-state index in [4.69, 9.17) is 4.74 Å². The van der Waals surface area contributed by atoms with Gasteiger partial charge in [-0.15, -0.1) is 0 Å². The van der Waals surface area contributed by atoms with Crippen LogP contribution in [0.3, 0.4) is 0 Å². The van der Waals surface area contributed by atoms with E-state index in [0.717, 1.165) is 73.0 Å². The molecular formula is C33H46N4O3. The molecule has 0 saturated carbocycles. The van der Waals surface area contributed by atoms with Gasteiger partial charge in [0.15, 0.2) is 0 Å². The normalized spacial score (nSPS) is 19.3. The number of aromatic amines is 1. The Bertz CT molecular complexity index is 1380. The van der Waals surface area contributed by atoms with Crippen molar-refractivity contribution in [1.29, 1.82) is 0 Å². The Morgan fingerprint density at radius 1 is 1.15 bits per heavy atom. The second-order valence-electron chi connectivity index (χ2n) is 12.1. The molecule has 0 spiro atoms. The van der Waals surface area contributed by atoms with Crippen LogP contribution in [-0.4, -0.2) is 77.4 Å². The highest BCUT2D eigenvalue weighted by molar-refractivity contribution is 6.17. The molecule has 2 aliphatic rings. The summed E-state index contributed by atoms with van der Waals surface area (Å²) in [7, 11) is 2.17. The van der Waals surface area contributed by atoms with E-state index in [1.165, 1.54) is 0 Å². The van der Waals surface area contributed by atoms with Gasteiger partial charge in [-0.1, -0.05) is 45.1 Å². The van der Waals surface area contributed by atoms with Gasteiger partial charge in [0.2, 0.25) is 0 Å². The van der Waals surface area contributed by atoms with Gasteiger partial charge in [-0.25, -0.2) is 4.79 Å². The van der Waals surface area contributed by atoms with Gasteiger partial charge in [-0.3, -0.25) is 9.69 Å². The lowest BCUT2D eigenvalue weighted by Crippen LogP contribution is -2.40. The van der Waals surface area contributed by atoms with Gasteiger partial charge in [-0.2, -0.15) is 0 Å². The Morgan fingerprint density at radius 2 is 1.93 bits per heavy atom. The maximum atomic E-state index is 14.1. The molecule has 1 amide bonds. The highest BCUT2D eigenvalue weighted by Gasteiger charge is 2.37. The largest absolute Gasteiger partial charge is 0.459 e. The molecule has 0 atom stereocenters. The molecule has 4 rings (SSSR count). The van der Waals surface area contributed by atoms with Gasteiger partial charge >= 0.3 is 5.97 Å². The topological polar surface area (TPSA) is 68.9 Å². The summed E-state index contributed by atoms with van der Waals surface area (Å²) in [4.78, 5) is 37.6. The fourth-order valence-electron chi connectivity index (χ4n) is 5.92. The highest BCUT2D eigenvalue weighted by atomic mass is 16.5. The molecule has 3 heterocycles. The van der Waals surface area contributed by atoms with Crippen molar-refractivity contribution in [1.82, 2.24) is 19.7 Å². The molecule has 7 heteroatoms. The van der Waals surface area contributed by atoms with Crippen LogP contribution in [0.25, 0.3) is 17.7 Å². The molecule has 7 nitrogen and oxygen atoms in total. The number of esters is 1. The summed E-state index contributed by atoms with van der Waals surface area (Å²) in [5, 5.41) is 2.07. The number of benzene rings is 1. The number of ether oxygens (including phenoxy) is 1. The number of hydrogen-bond acceptors (Lipinski definition) is 5.